The lowest BCUT2D eigenvalue weighted by Crippen LogP contribution is -2.30. The van der Waals surface area contributed by atoms with Crippen LogP contribution in [0.15, 0.2) is 60.7 Å². The van der Waals surface area contributed by atoms with Crippen LogP contribution in [0.5, 0.6) is 0 Å². The highest BCUT2D eigenvalue weighted by molar-refractivity contribution is 6.03. The molecule has 1 saturated carbocycles. The number of nitrogens with one attached hydrogen (secondary N) is 2. The van der Waals surface area contributed by atoms with E-state index < -0.39 is 17.8 Å². The van der Waals surface area contributed by atoms with Crippen LogP contribution in [0.1, 0.15) is 49.0 Å². The topological polar surface area (TPSA) is 81.7 Å². The fourth-order valence-corrected chi connectivity index (χ4v) is 4.44. The number of carbonyl (C=O) groups excluding carboxylic acids is 1. The first-order chi connectivity index (χ1) is 17.7. The van der Waals surface area contributed by atoms with Crippen molar-refractivity contribution in [1.82, 2.24) is 0 Å². The number of aromatic carboxylic acids is 1. The van der Waals surface area contributed by atoms with Gasteiger partial charge in [-0.25, -0.2) is 14.0 Å². The maximum atomic E-state index is 14.1. The summed E-state index contributed by atoms with van der Waals surface area (Å²) in [5, 5.41) is 15.5. The Balaban J connectivity index is 1.71. The summed E-state index contributed by atoms with van der Waals surface area (Å²) in [6.45, 7) is 7.95. The SMILES string of the molecule is Cc1ccc(NC(=O)Nc2cc(-c3cc(F)ccc3C(=O)O)ccc2N(CCC2CC2)CC(C)C)cc1. The van der Waals surface area contributed by atoms with Crippen molar-refractivity contribution in [2.75, 3.05) is 28.6 Å². The molecule has 1 fully saturated rings. The standard InChI is InChI=1S/C30H34FN3O3/c1-19(2)18-34(15-14-21-6-7-21)28-13-8-22(26-17-23(31)9-12-25(26)29(35)36)16-27(28)33-30(37)32-24-10-4-20(3)5-11-24/h4-5,8-13,16-17,19,21H,6-7,14-15,18H2,1-3H3,(H,35,36)(H2,32,33,37). The van der Waals surface area contributed by atoms with E-state index in [1.165, 1.54) is 25.0 Å². The minimum Gasteiger partial charge on any atom is -0.478 e. The van der Waals surface area contributed by atoms with Gasteiger partial charge in [0.25, 0.3) is 0 Å². The first-order valence-electron chi connectivity index (χ1n) is 12.8. The Bertz CT molecular complexity index is 1270. The number of halogens is 1. The molecular weight excluding hydrogens is 469 g/mol. The molecule has 1 aliphatic rings. The van der Waals surface area contributed by atoms with Gasteiger partial charge in [-0.2, -0.15) is 0 Å². The first kappa shape index (κ1) is 26.2. The fraction of sp³-hybridized carbons (Fsp3) is 0.333. The van der Waals surface area contributed by atoms with Gasteiger partial charge in [-0.05, 0) is 78.8 Å². The third-order valence-electron chi connectivity index (χ3n) is 6.51. The maximum Gasteiger partial charge on any atom is 0.336 e. The van der Waals surface area contributed by atoms with Gasteiger partial charge in [0.1, 0.15) is 5.82 Å². The summed E-state index contributed by atoms with van der Waals surface area (Å²) in [6, 6.07) is 16.1. The Morgan fingerprint density at radius 3 is 2.41 bits per heavy atom. The average molecular weight is 504 g/mol. The lowest BCUT2D eigenvalue weighted by atomic mass is 9.98. The number of carbonyl (C=O) groups is 2. The summed E-state index contributed by atoms with van der Waals surface area (Å²) in [7, 11) is 0. The third kappa shape index (κ3) is 7.09. The number of carboxylic acid groups (broad SMARTS) is 1. The van der Waals surface area contributed by atoms with Crippen molar-refractivity contribution < 1.29 is 19.1 Å². The van der Waals surface area contributed by atoms with Crippen LogP contribution < -0.4 is 15.5 Å². The number of carboxylic acids is 1. The molecule has 0 spiro atoms. The molecule has 1 aliphatic carbocycles. The lowest BCUT2D eigenvalue weighted by Gasteiger charge is -2.29. The molecule has 2 amide bonds. The zero-order chi connectivity index (χ0) is 26.5. The van der Waals surface area contributed by atoms with Crippen molar-refractivity contribution in [3.63, 3.8) is 0 Å². The van der Waals surface area contributed by atoms with Crippen LogP contribution in [0.2, 0.25) is 0 Å². The van der Waals surface area contributed by atoms with E-state index >= 15 is 0 Å². The number of hydrogen-bond donors (Lipinski definition) is 3. The molecule has 0 atom stereocenters. The normalized spacial score (nSPS) is 12.9. The molecule has 0 heterocycles. The molecule has 0 aliphatic heterocycles. The van der Waals surface area contributed by atoms with Crippen molar-refractivity contribution in [2.24, 2.45) is 11.8 Å². The molecule has 194 valence electrons. The van der Waals surface area contributed by atoms with Gasteiger partial charge < -0.3 is 20.6 Å². The summed E-state index contributed by atoms with van der Waals surface area (Å²) in [4.78, 5) is 27.1. The Hall–Kier alpha value is -3.87. The molecule has 3 aromatic rings. The van der Waals surface area contributed by atoms with Gasteiger partial charge in [-0.3, -0.25) is 0 Å². The second kappa shape index (κ2) is 11.5. The predicted molar refractivity (Wildman–Crippen MR) is 147 cm³/mol. The highest BCUT2D eigenvalue weighted by atomic mass is 19.1. The van der Waals surface area contributed by atoms with E-state index in [9.17, 15) is 19.1 Å². The molecule has 6 nitrogen and oxygen atoms in total. The number of rotatable bonds is 10. The molecule has 7 heteroatoms. The second-order valence-electron chi connectivity index (χ2n) is 10.2. The molecule has 3 N–H and O–H groups in total. The van der Waals surface area contributed by atoms with Gasteiger partial charge in [0.2, 0.25) is 0 Å². The Morgan fingerprint density at radius 2 is 1.76 bits per heavy atom. The van der Waals surface area contributed by atoms with Gasteiger partial charge >= 0.3 is 12.0 Å². The quantitative estimate of drug-likeness (QED) is 0.269. The van der Waals surface area contributed by atoms with E-state index in [1.807, 2.05) is 37.3 Å². The number of aryl methyl sites for hydroxylation is 1. The van der Waals surface area contributed by atoms with E-state index in [-0.39, 0.29) is 11.1 Å². The molecule has 0 saturated heterocycles. The minimum atomic E-state index is -1.14. The molecule has 0 radical (unpaired) electrons. The fourth-order valence-electron chi connectivity index (χ4n) is 4.44. The van der Waals surface area contributed by atoms with Crippen molar-refractivity contribution in [1.29, 1.82) is 0 Å². The van der Waals surface area contributed by atoms with Gasteiger partial charge in [-0.1, -0.05) is 50.5 Å². The third-order valence-corrected chi connectivity index (χ3v) is 6.51. The van der Waals surface area contributed by atoms with E-state index in [4.69, 9.17) is 0 Å². The summed E-state index contributed by atoms with van der Waals surface area (Å²) in [5.74, 6) is -0.520. The van der Waals surface area contributed by atoms with E-state index in [1.54, 1.807) is 12.1 Å². The van der Waals surface area contributed by atoms with Crippen LogP contribution >= 0.6 is 0 Å². The highest BCUT2D eigenvalue weighted by Crippen LogP contribution is 2.37. The molecule has 0 unspecified atom stereocenters. The number of anilines is 3. The van der Waals surface area contributed by atoms with Crippen molar-refractivity contribution in [3.05, 3.63) is 77.6 Å². The molecule has 0 bridgehead atoms. The lowest BCUT2D eigenvalue weighted by molar-refractivity contribution is 0.0697. The Labute approximate surface area is 217 Å². The van der Waals surface area contributed by atoms with Crippen LogP contribution in [0, 0.1) is 24.6 Å². The average Bonchev–Trinajstić information content (AvgIpc) is 3.67. The van der Waals surface area contributed by atoms with E-state index in [0.717, 1.165) is 42.7 Å². The van der Waals surface area contributed by atoms with Crippen molar-refractivity contribution in [3.8, 4) is 11.1 Å². The van der Waals surface area contributed by atoms with Gasteiger partial charge in [0.05, 0.1) is 16.9 Å². The Kier molecular flexibility index (Phi) is 8.11. The molecule has 3 aromatic carbocycles. The maximum absolute atomic E-state index is 14.1. The molecule has 0 aromatic heterocycles. The monoisotopic (exact) mass is 503 g/mol. The largest absolute Gasteiger partial charge is 0.478 e. The van der Waals surface area contributed by atoms with Crippen molar-refractivity contribution in [2.45, 2.75) is 40.0 Å². The molecule has 4 rings (SSSR count). The minimum absolute atomic E-state index is 0.00280. The zero-order valence-corrected chi connectivity index (χ0v) is 21.6. The van der Waals surface area contributed by atoms with Crippen LogP contribution in [-0.2, 0) is 0 Å². The first-order valence-corrected chi connectivity index (χ1v) is 12.8. The predicted octanol–water partition coefficient (Wildman–Crippen LogP) is 7.41. The Morgan fingerprint density at radius 1 is 1.03 bits per heavy atom. The van der Waals surface area contributed by atoms with Crippen LogP contribution in [-0.4, -0.2) is 30.2 Å². The summed E-state index contributed by atoms with van der Waals surface area (Å²) >= 11 is 0. The van der Waals surface area contributed by atoms with E-state index in [2.05, 4.69) is 29.4 Å². The smallest absolute Gasteiger partial charge is 0.336 e. The van der Waals surface area contributed by atoms with Gasteiger partial charge in [0, 0.05) is 18.8 Å². The van der Waals surface area contributed by atoms with Crippen LogP contribution in [0.25, 0.3) is 11.1 Å². The van der Waals surface area contributed by atoms with Crippen LogP contribution in [0.4, 0.5) is 26.2 Å². The molecule has 37 heavy (non-hydrogen) atoms. The highest BCUT2D eigenvalue weighted by Gasteiger charge is 2.24. The summed E-state index contributed by atoms with van der Waals surface area (Å²) in [5.41, 5.74) is 3.91. The number of benzene rings is 3. The van der Waals surface area contributed by atoms with Gasteiger partial charge in [-0.15, -0.1) is 0 Å². The zero-order valence-electron chi connectivity index (χ0n) is 21.6. The van der Waals surface area contributed by atoms with E-state index in [0.29, 0.717) is 22.9 Å². The number of hydrogen-bond acceptors (Lipinski definition) is 3. The summed E-state index contributed by atoms with van der Waals surface area (Å²) < 4.78 is 14.1. The summed E-state index contributed by atoms with van der Waals surface area (Å²) in [6.07, 6.45) is 3.60. The van der Waals surface area contributed by atoms with Gasteiger partial charge in [0.15, 0.2) is 0 Å². The van der Waals surface area contributed by atoms with Crippen molar-refractivity contribution >= 4 is 29.1 Å². The second-order valence-corrected chi connectivity index (χ2v) is 10.2. The number of urea groups is 1. The molecular formula is C30H34FN3O3. The number of nitrogens with zero attached hydrogens (tertiary/aromatic N) is 1. The van der Waals surface area contributed by atoms with Crippen LogP contribution in [0.3, 0.4) is 0 Å². The number of amides is 2.